The van der Waals surface area contributed by atoms with Crippen molar-refractivity contribution in [2.45, 2.75) is 13.0 Å². The first-order chi connectivity index (χ1) is 12.8. The molecule has 3 rings (SSSR count). The van der Waals surface area contributed by atoms with E-state index in [1.807, 2.05) is 12.1 Å². The van der Waals surface area contributed by atoms with Gasteiger partial charge < -0.3 is 0 Å². The van der Waals surface area contributed by atoms with Gasteiger partial charge in [-0.25, -0.2) is 4.39 Å². The van der Waals surface area contributed by atoms with Gasteiger partial charge in [0.15, 0.2) is 0 Å². The molecule has 0 aliphatic rings. The second-order valence-corrected chi connectivity index (χ2v) is 8.15. The van der Waals surface area contributed by atoms with Crippen LogP contribution in [0.1, 0.15) is 18.7 Å². The Kier molecular flexibility index (Phi) is 5.36. The summed E-state index contributed by atoms with van der Waals surface area (Å²) in [5.41, 5.74) is 3.48. The lowest BCUT2D eigenvalue weighted by molar-refractivity contribution is 0.493. The van der Waals surface area contributed by atoms with Crippen LogP contribution in [0.4, 0.5) is 4.39 Å². The maximum Gasteiger partial charge on any atom is 0.279 e. The molecular formula is C18H20FN5O2S. The average Bonchev–Trinajstić information content (AvgIpc) is 3.08. The molecule has 0 spiro atoms. The minimum atomic E-state index is -3.63. The number of benzene rings is 1. The fourth-order valence-electron chi connectivity index (χ4n) is 2.68. The number of aromatic amines is 1. The molecular weight excluding hydrogens is 369 g/mol. The lowest BCUT2D eigenvalue weighted by atomic mass is 9.97. The highest BCUT2D eigenvalue weighted by atomic mass is 32.2. The maximum absolute atomic E-state index is 13.3. The summed E-state index contributed by atoms with van der Waals surface area (Å²) >= 11 is 0. The van der Waals surface area contributed by atoms with Crippen LogP contribution < -0.4 is 4.72 Å². The van der Waals surface area contributed by atoms with Gasteiger partial charge in [0.2, 0.25) is 0 Å². The van der Waals surface area contributed by atoms with Crippen LogP contribution in [0.3, 0.4) is 0 Å². The molecule has 0 aliphatic carbocycles. The summed E-state index contributed by atoms with van der Waals surface area (Å²) in [6, 6.07) is 9.05. The van der Waals surface area contributed by atoms with E-state index >= 15 is 0 Å². The molecule has 0 aliphatic heterocycles. The van der Waals surface area contributed by atoms with Crippen LogP contribution in [0.5, 0.6) is 0 Å². The molecule has 1 atom stereocenters. The number of hydrogen-bond donors (Lipinski definition) is 2. The van der Waals surface area contributed by atoms with Crippen molar-refractivity contribution in [1.82, 2.24) is 24.2 Å². The van der Waals surface area contributed by atoms with Crippen LogP contribution in [-0.4, -0.2) is 42.0 Å². The monoisotopic (exact) mass is 389 g/mol. The Hall–Kier alpha value is -2.62. The Morgan fingerprint density at radius 2 is 1.70 bits per heavy atom. The number of aromatic nitrogens is 3. The summed E-state index contributed by atoms with van der Waals surface area (Å²) in [5.74, 6) is -0.341. The zero-order valence-corrected chi connectivity index (χ0v) is 16.0. The largest absolute Gasteiger partial charge is 0.280 e. The Morgan fingerprint density at radius 3 is 2.30 bits per heavy atom. The van der Waals surface area contributed by atoms with E-state index in [1.54, 1.807) is 31.5 Å². The molecule has 27 heavy (non-hydrogen) atoms. The molecule has 9 heteroatoms. The van der Waals surface area contributed by atoms with Crippen LogP contribution >= 0.6 is 0 Å². The van der Waals surface area contributed by atoms with E-state index in [-0.39, 0.29) is 5.82 Å². The molecule has 0 saturated carbocycles. The summed E-state index contributed by atoms with van der Waals surface area (Å²) in [5, 5.41) is 7.31. The minimum absolute atomic E-state index is 0.341. The number of nitrogens with zero attached hydrogens (tertiary/aromatic N) is 3. The number of pyridine rings is 1. The Labute approximate surface area is 157 Å². The van der Waals surface area contributed by atoms with Crippen LogP contribution in [0.15, 0.2) is 48.8 Å². The first kappa shape index (κ1) is 19.2. The molecule has 0 bridgehead atoms. The highest BCUT2D eigenvalue weighted by molar-refractivity contribution is 7.87. The molecule has 3 aromatic rings. The molecule has 1 unspecified atom stereocenters. The number of halogens is 1. The van der Waals surface area contributed by atoms with Gasteiger partial charge in [0.05, 0.1) is 11.7 Å². The Bertz CT molecular complexity index is 1020. The quantitative estimate of drug-likeness (QED) is 0.678. The molecule has 2 N–H and O–H groups in total. The molecule has 2 heterocycles. The predicted molar refractivity (Wildman–Crippen MR) is 101 cm³/mol. The van der Waals surface area contributed by atoms with Crippen LogP contribution in [0.25, 0.3) is 22.4 Å². The average molecular weight is 389 g/mol. The van der Waals surface area contributed by atoms with E-state index in [9.17, 15) is 12.8 Å². The topological polar surface area (TPSA) is 91.0 Å². The summed E-state index contributed by atoms with van der Waals surface area (Å²) in [4.78, 5) is 4.03. The summed E-state index contributed by atoms with van der Waals surface area (Å²) in [6.45, 7) is 1.73. The molecule has 1 aromatic carbocycles. The van der Waals surface area contributed by atoms with Crippen molar-refractivity contribution in [3.8, 4) is 22.4 Å². The van der Waals surface area contributed by atoms with E-state index < -0.39 is 16.3 Å². The van der Waals surface area contributed by atoms with Gasteiger partial charge in [-0.05, 0) is 48.9 Å². The van der Waals surface area contributed by atoms with E-state index in [1.165, 1.54) is 26.2 Å². The number of rotatable bonds is 6. The summed E-state index contributed by atoms with van der Waals surface area (Å²) in [7, 11) is -0.724. The number of nitrogens with one attached hydrogen (secondary N) is 2. The smallest absolute Gasteiger partial charge is 0.279 e. The van der Waals surface area contributed by atoms with Crippen LogP contribution in [0.2, 0.25) is 0 Å². The Balaban J connectivity index is 2.11. The molecule has 2 aromatic heterocycles. The van der Waals surface area contributed by atoms with Crippen molar-refractivity contribution in [3.63, 3.8) is 0 Å². The fraction of sp³-hybridized carbons (Fsp3) is 0.222. The summed E-state index contributed by atoms with van der Waals surface area (Å²) in [6.07, 6.45) is 3.30. The minimum Gasteiger partial charge on any atom is -0.280 e. The van der Waals surface area contributed by atoms with Crippen LogP contribution in [0, 0.1) is 5.82 Å². The third kappa shape index (κ3) is 4.05. The molecule has 7 nitrogen and oxygen atoms in total. The summed E-state index contributed by atoms with van der Waals surface area (Å²) < 4.78 is 41.4. The second-order valence-electron chi connectivity index (χ2n) is 6.23. The Morgan fingerprint density at radius 1 is 1.07 bits per heavy atom. The first-order valence-corrected chi connectivity index (χ1v) is 9.68. The number of hydrogen-bond acceptors (Lipinski definition) is 4. The van der Waals surface area contributed by atoms with Crippen molar-refractivity contribution < 1.29 is 12.8 Å². The highest BCUT2D eigenvalue weighted by Gasteiger charge is 2.25. The lowest BCUT2D eigenvalue weighted by Crippen LogP contribution is -2.37. The van der Waals surface area contributed by atoms with E-state index in [0.717, 1.165) is 15.4 Å². The second kappa shape index (κ2) is 7.55. The van der Waals surface area contributed by atoms with E-state index in [4.69, 9.17) is 0 Å². The SMILES string of the molecule is CC(NS(=O)(=O)N(C)C)c1[nH]nc(-c2ccc(F)cc2)c1-c1ccncc1. The first-order valence-electron chi connectivity index (χ1n) is 8.24. The predicted octanol–water partition coefficient (Wildman–Crippen LogP) is 2.73. The van der Waals surface area contributed by atoms with Gasteiger partial charge in [-0.3, -0.25) is 10.1 Å². The fourth-order valence-corrected chi connectivity index (χ4v) is 3.46. The van der Waals surface area contributed by atoms with Gasteiger partial charge in [-0.1, -0.05) is 0 Å². The van der Waals surface area contributed by atoms with E-state index in [0.29, 0.717) is 17.0 Å². The molecule has 0 fully saturated rings. The highest BCUT2D eigenvalue weighted by Crippen LogP contribution is 2.35. The normalized spacial score (nSPS) is 13.1. The van der Waals surface area contributed by atoms with Gasteiger partial charge in [-0.2, -0.15) is 22.5 Å². The number of H-pyrrole nitrogens is 1. The maximum atomic E-state index is 13.3. The molecule has 0 saturated heterocycles. The van der Waals surface area contributed by atoms with Crippen molar-refractivity contribution in [2.24, 2.45) is 0 Å². The van der Waals surface area contributed by atoms with Crippen molar-refractivity contribution >= 4 is 10.2 Å². The van der Waals surface area contributed by atoms with Gasteiger partial charge in [0, 0.05) is 37.6 Å². The van der Waals surface area contributed by atoms with Crippen molar-refractivity contribution in [3.05, 3.63) is 60.3 Å². The van der Waals surface area contributed by atoms with Gasteiger partial charge in [-0.15, -0.1) is 0 Å². The van der Waals surface area contributed by atoms with Gasteiger partial charge >= 0.3 is 0 Å². The zero-order valence-electron chi connectivity index (χ0n) is 15.1. The molecule has 0 radical (unpaired) electrons. The standard InChI is InChI=1S/C18H20FN5O2S/c1-12(23-27(25,26)24(2)3)17-16(13-8-10-20-11-9-13)18(22-21-17)14-4-6-15(19)7-5-14/h4-12,23H,1-3H3,(H,21,22). The van der Waals surface area contributed by atoms with E-state index in [2.05, 4.69) is 19.9 Å². The molecule has 0 amide bonds. The third-order valence-electron chi connectivity index (χ3n) is 4.12. The lowest BCUT2D eigenvalue weighted by Gasteiger charge is -2.18. The van der Waals surface area contributed by atoms with Crippen molar-refractivity contribution in [2.75, 3.05) is 14.1 Å². The zero-order chi connectivity index (χ0) is 19.6. The van der Waals surface area contributed by atoms with Gasteiger partial charge in [0.1, 0.15) is 11.5 Å². The van der Waals surface area contributed by atoms with Gasteiger partial charge in [0.25, 0.3) is 10.2 Å². The third-order valence-corrected chi connectivity index (χ3v) is 5.73. The molecule has 142 valence electrons. The van der Waals surface area contributed by atoms with Crippen LogP contribution in [-0.2, 0) is 10.2 Å². The van der Waals surface area contributed by atoms with Crippen molar-refractivity contribution in [1.29, 1.82) is 0 Å².